The van der Waals surface area contributed by atoms with Crippen LogP contribution in [-0.2, 0) is 10.0 Å². The summed E-state index contributed by atoms with van der Waals surface area (Å²) in [6.45, 7) is 5.17. The Hall–Kier alpha value is -1.07. The van der Waals surface area contributed by atoms with Gasteiger partial charge in [0.05, 0.1) is 12.0 Å². The Morgan fingerprint density at radius 3 is 2.61 bits per heavy atom. The number of aryl methyl sites for hydroxylation is 1. The van der Waals surface area contributed by atoms with Gasteiger partial charge in [0.2, 0.25) is 10.0 Å². The van der Waals surface area contributed by atoms with Crippen LogP contribution in [0.1, 0.15) is 18.9 Å². The van der Waals surface area contributed by atoms with Gasteiger partial charge in [-0.2, -0.15) is 4.31 Å². The minimum atomic E-state index is -3.34. The van der Waals surface area contributed by atoms with Crippen LogP contribution in [0.2, 0.25) is 0 Å². The largest absolute Gasteiger partial charge is 0.496 e. The fraction of sp³-hybridized carbons (Fsp3) is 0.538. The summed E-state index contributed by atoms with van der Waals surface area (Å²) in [5, 5.41) is 0. The van der Waals surface area contributed by atoms with Gasteiger partial charge in [-0.25, -0.2) is 8.42 Å². The summed E-state index contributed by atoms with van der Waals surface area (Å²) < 4.78 is 31.5. The van der Waals surface area contributed by atoms with Gasteiger partial charge in [-0.15, -0.1) is 0 Å². The van der Waals surface area contributed by atoms with Crippen LogP contribution < -0.4 is 4.74 Å². The molecule has 1 aliphatic rings. The molecule has 1 aromatic carbocycles. The zero-order valence-corrected chi connectivity index (χ0v) is 11.8. The molecule has 18 heavy (non-hydrogen) atoms. The number of nitrogens with zero attached hydrogens (tertiary/aromatic N) is 1. The average molecular weight is 269 g/mol. The third-order valence-corrected chi connectivity index (χ3v) is 5.25. The first kappa shape index (κ1) is 13.4. The maximum atomic E-state index is 12.4. The second-order valence-electron chi connectivity index (χ2n) is 4.89. The Kier molecular flexibility index (Phi) is 3.64. The van der Waals surface area contributed by atoms with Gasteiger partial charge in [0.1, 0.15) is 5.75 Å². The SMILES string of the molecule is COc1ccc(S(=O)(=O)N2CCC(C)C2)cc1C. The second kappa shape index (κ2) is 4.90. The highest BCUT2D eigenvalue weighted by molar-refractivity contribution is 7.89. The number of benzene rings is 1. The molecule has 1 atom stereocenters. The molecule has 1 unspecified atom stereocenters. The van der Waals surface area contributed by atoms with E-state index in [9.17, 15) is 8.42 Å². The highest BCUT2D eigenvalue weighted by Crippen LogP contribution is 2.27. The Labute approximate surface area is 109 Å². The van der Waals surface area contributed by atoms with Gasteiger partial charge in [-0.3, -0.25) is 0 Å². The van der Waals surface area contributed by atoms with Crippen LogP contribution in [0.15, 0.2) is 23.1 Å². The molecule has 1 saturated heterocycles. The highest BCUT2D eigenvalue weighted by Gasteiger charge is 2.30. The lowest BCUT2D eigenvalue weighted by Crippen LogP contribution is -2.28. The van der Waals surface area contributed by atoms with E-state index in [0.29, 0.717) is 29.7 Å². The number of hydrogen-bond acceptors (Lipinski definition) is 3. The summed E-state index contributed by atoms with van der Waals surface area (Å²) >= 11 is 0. The number of hydrogen-bond donors (Lipinski definition) is 0. The molecule has 0 aliphatic carbocycles. The van der Waals surface area contributed by atoms with Gasteiger partial charge in [0.25, 0.3) is 0 Å². The first-order valence-corrected chi connectivity index (χ1v) is 7.54. The average Bonchev–Trinajstić information content (AvgIpc) is 2.76. The third kappa shape index (κ3) is 2.37. The first-order chi connectivity index (χ1) is 8.45. The fourth-order valence-electron chi connectivity index (χ4n) is 2.27. The molecule has 1 heterocycles. The Morgan fingerprint density at radius 1 is 1.39 bits per heavy atom. The molecule has 0 N–H and O–H groups in total. The van der Waals surface area contributed by atoms with E-state index in [-0.39, 0.29) is 0 Å². The van der Waals surface area contributed by atoms with Gasteiger partial charge in [-0.1, -0.05) is 6.92 Å². The molecule has 1 aromatic rings. The molecular weight excluding hydrogens is 250 g/mol. The van der Waals surface area contributed by atoms with Crippen molar-refractivity contribution in [3.8, 4) is 5.75 Å². The predicted molar refractivity (Wildman–Crippen MR) is 70.3 cm³/mol. The minimum Gasteiger partial charge on any atom is -0.496 e. The maximum absolute atomic E-state index is 12.4. The molecule has 0 aromatic heterocycles. The van der Waals surface area contributed by atoms with Gasteiger partial charge >= 0.3 is 0 Å². The second-order valence-corrected chi connectivity index (χ2v) is 6.83. The van der Waals surface area contributed by atoms with E-state index >= 15 is 0 Å². The number of ether oxygens (including phenoxy) is 1. The summed E-state index contributed by atoms with van der Waals surface area (Å²) in [6, 6.07) is 5.00. The van der Waals surface area contributed by atoms with Crippen LogP contribution >= 0.6 is 0 Å². The van der Waals surface area contributed by atoms with Crippen LogP contribution in [-0.4, -0.2) is 32.9 Å². The smallest absolute Gasteiger partial charge is 0.243 e. The summed E-state index contributed by atoms with van der Waals surface area (Å²) in [5.41, 5.74) is 0.839. The van der Waals surface area contributed by atoms with Crippen molar-refractivity contribution in [3.05, 3.63) is 23.8 Å². The number of rotatable bonds is 3. The van der Waals surface area contributed by atoms with Gasteiger partial charge < -0.3 is 4.74 Å². The van der Waals surface area contributed by atoms with E-state index in [4.69, 9.17) is 4.74 Å². The molecule has 0 radical (unpaired) electrons. The van der Waals surface area contributed by atoms with Gasteiger partial charge in [0, 0.05) is 13.1 Å². The monoisotopic (exact) mass is 269 g/mol. The van der Waals surface area contributed by atoms with E-state index in [1.807, 2.05) is 6.92 Å². The van der Waals surface area contributed by atoms with Crippen molar-refractivity contribution in [3.63, 3.8) is 0 Å². The van der Waals surface area contributed by atoms with E-state index < -0.39 is 10.0 Å². The van der Waals surface area contributed by atoms with E-state index in [1.54, 1.807) is 29.6 Å². The summed E-state index contributed by atoms with van der Waals surface area (Å²) in [7, 11) is -1.76. The molecule has 2 rings (SSSR count). The van der Waals surface area contributed by atoms with E-state index in [0.717, 1.165) is 12.0 Å². The summed E-state index contributed by atoms with van der Waals surface area (Å²) in [4.78, 5) is 0.356. The molecule has 5 heteroatoms. The van der Waals surface area contributed by atoms with Gasteiger partial charge in [-0.05, 0) is 43.0 Å². The van der Waals surface area contributed by atoms with Crippen molar-refractivity contribution in [2.24, 2.45) is 5.92 Å². The van der Waals surface area contributed by atoms with Crippen LogP contribution in [0.4, 0.5) is 0 Å². The molecule has 1 fully saturated rings. The Bertz CT molecular complexity index is 539. The lowest BCUT2D eigenvalue weighted by atomic mass is 10.2. The van der Waals surface area contributed by atoms with Crippen molar-refractivity contribution in [1.82, 2.24) is 4.31 Å². The molecule has 100 valence electrons. The third-order valence-electron chi connectivity index (χ3n) is 3.39. The first-order valence-electron chi connectivity index (χ1n) is 6.10. The zero-order valence-electron chi connectivity index (χ0n) is 11.0. The van der Waals surface area contributed by atoms with E-state index in [2.05, 4.69) is 6.92 Å². The fourth-order valence-corrected chi connectivity index (χ4v) is 3.93. The maximum Gasteiger partial charge on any atom is 0.243 e. The Balaban J connectivity index is 2.33. The number of sulfonamides is 1. The highest BCUT2D eigenvalue weighted by atomic mass is 32.2. The van der Waals surface area contributed by atoms with Crippen LogP contribution in [0.25, 0.3) is 0 Å². The molecular formula is C13H19NO3S. The standard InChI is InChI=1S/C13H19NO3S/c1-10-6-7-14(9-10)18(15,16)12-4-5-13(17-3)11(2)8-12/h4-5,8,10H,6-7,9H2,1-3H3. The number of methoxy groups -OCH3 is 1. The van der Waals surface area contributed by atoms with Crippen LogP contribution in [0.3, 0.4) is 0 Å². The van der Waals surface area contributed by atoms with Crippen molar-refractivity contribution in [2.75, 3.05) is 20.2 Å². The predicted octanol–water partition coefficient (Wildman–Crippen LogP) is 2.03. The summed E-state index contributed by atoms with van der Waals surface area (Å²) in [6.07, 6.45) is 0.939. The van der Waals surface area contributed by atoms with Crippen molar-refractivity contribution in [1.29, 1.82) is 0 Å². The van der Waals surface area contributed by atoms with E-state index in [1.165, 1.54) is 0 Å². The molecule has 0 amide bonds. The van der Waals surface area contributed by atoms with Gasteiger partial charge in [0.15, 0.2) is 0 Å². The van der Waals surface area contributed by atoms with Crippen molar-refractivity contribution < 1.29 is 13.2 Å². The molecule has 1 aliphatic heterocycles. The lowest BCUT2D eigenvalue weighted by molar-refractivity contribution is 0.411. The van der Waals surface area contributed by atoms with Crippen LogP contribution in [0.5, 0.6) is 5.75 Å². The van der Waals surface area contributed by atoms with Crippen molar-refractivity contribution in [2.45, 2.75) is 25.2 Å². The Morgan fingerprint density at radius 2 is 2.11 bits per heavy atom. The topological polar surface area (TPSA) is 46.6 Å². The summed E-state index contributed by atoms with van der Waals surface area (Å²) in [5.74, 6) is 1.16. The molecule has 0 spiro atoms. The molecule has 4 nitrogen and oxygen atoms in total. The van der Waals surface area contributed by atoms with Crippen molar-refractivity contribution >= 4 is 10.0 Å². The normalized spacial score (nSPS) is 21.2. The minimum absolute atomic E-state index is 0.356. The lowest BCUT2D eigenvalue weighted by Gasteiger charge is -2.17. The quantitative estimate of drug-likeness (QED) is 0.843. The zero-order chi connectivity index (χ0) is 13.3. The molecule has 0 bridgehead atoms. The van der Waals surface area contributed by atoms with Crippen LogP contribution in [0, 0.1) is 12.8 Å². The molecule has 0 saturated carbocycles.